The first-order chi connectivity index (χ1) is 11.4. The van der Waals surface area contributed by atoms with Gasteiger partial charge in [0.15, 0.2) is 5.70 Å². The molecular formula is C17H9Cl2NO4. The van der Waals surface area contributed by atoms with Crippen LogP contribution in [0.4, 0.5) is 0 Å². The lowest BCUT2D eigenvalue weighted by Gasteiger charge is -2.00. The lowest BCUT2D eigenvalue weighted by Crippen LogP contribution is -2.07. The molecule has 0 aliphatic carbocycles. The number of carbonyl (C=O) groups excluding carboxylic acids is 1. The number of benzene rings is 2. The average molecular weight is 362 g/mol. The average Bonchev–Trinajstić information content (AvgIpc) is 2.92. The molecule has 0 radical (unpaired) electrons. The molecule has 0 fully saturated rings. The first-order valence-electron chi connectivity index (χ1n) is 6.75. The maximum atomic E-state index is 12.0. The molecule has 120 valence electrons. The third kappa shape index (κ3) is 3.32. The van der Waals surface area contributed by atoms with Crippen molar-refractivity contribution in [2.75, 3.05) is 0 Å². The van der Waals surface area contributed by atoms with E-state index in [0.29, 0.717) is 21.2 Å². The Bertz CT molecular complexity index is 919. The lowest BCUT2D eigenvalue weighted by molar-refractivity contribution is -0.129. The van der Waals surface area contributed by atoms with Crippen LogP contribution in [0.1, 0.15) is 21.5 Å². The first-order valence-corrected chi connectivity index (χ1v) is 7.51. The monoisotopic (exact) mass is 361 g/mol. The highest BCUT2D eigenvalue weighted by Crippen LogP contribution is 2.25. The topological polar surface area (TPSA) is 76.0 Å². The first kappa shape index (κ1) is 16.2. The van der Waals surface area contributed by atoms with Gasteiger partial charge in [0.1, 0.15) is 0 Å². The van der Waals surface area contributed by atoms with Crippen LogP contribution in [0, 0.1) is 0 Å². The quantitative estimate of drug-likeness (QED) is 0.661. The maximum Gasteiger partial charge on any atom is 0.363 e. The van der Waals surface area contributed by atoms with E-state index in [1.165, 1.54) is 18.2 Å². The highest BCUT2D eigenvalue weighted by atomic mass is 35.5. The van der Waals surface area contributed by atoms with Crippen LogP contribution in [0.2, 0.25) is 10.0 Å². The number of aliphatic imine (C=N–C) groups is 1. The highest BCUT2D eigenvalue weighted by Gasteiger charge is 2.24. The number of carboxylic acid groups (broad SMARTS) is 1. The van der Waals surface area contributed by atoms with Crippen LogP contribution in [0.15, 0.2) is 53.2 Å². The van der Waals surface area contributed by atoms with E-state index < -0.39 is 11.9 Å². The molecule has 0 unspecified atom stereocenters. The van der Waals surface area contributed by atoms with Gasteiger partial charge in [-0.25, -0.2) is 14.6 Å². The van der Waals surface area contributed by atoms with Crippen LogP contribution in [-0.2, 0) is 9.53 Å². The molecule has 3 rings (SSSR count). The summed E-state index contributed by atoms with van der Waals surface area (Å²) in [7, 11) is 0. The van der Waals surface area contributed by atoms with Crippen LogP contribution < -0.4 is 0 Å². The van der Waals surface area contributed by atoms with Crippen LogP contribution in [-0.4, -0.2) is 22.9 Å². The number of nitrogens with zero attached hydrogens (tertiary/aromatic N) is 1. The van der Waals surface area contributed by atoms with Gasteiger partial charge in [-0.3, -0.25) is 0 Å². The minimum atomic E-state index is -1.08. The molecule has 0 saturated heterocycles. The summed E-state index contributed by atoms with van der Waals surface area (Å²) < 4.78 is 5.11. The molecule has 1 N–H and O–H groups in total. The van der Waals surface area contributed by atoms with Crippen LogP contribution >= 0.6 is 23.2 Å². The number of ether oxygens (including phenoxy) is 1. The van der Waals surface area contributed by atoms with Crippen molar-refractivity contribution in [3.63, 3.8) is 0 Å². The third-order valence-corrected chi connectivity index (χ3v) is 3.96. The zero-order valence-corrected chi connectivity index (χ0v) is 13.5. The van der Waals surface area contributed by atoms with E-state index >= 15 is 0 Å². The van der Waals surface area contributed by atoms with Gasteiger partial charge >= 0.3 is 11.9 Å². The Kier molecular flexibility index (Phi) is 4.38. The van der Waals surface area contributed by atoms with Crippen LogP contribution in [0.5, 0.6) is 0 Å². The number of rotatable bonds is 3. The van der Waals surface area contributed by atoms with Crippen molar-refractivity contribution in [3.8, 4) is 0 Å². The van der Waals surface area contributed by atoms with E-state index in [0.717, 1.165) is 0 Å². The fraction of sp³-hybridized carbons (Fsp3) is 0. The molecule has 7 heteroatoms. The molecule has 0 spiro atoms. The van der Waals surface area contributed by atoms with Gasteiger partial charge in [0.25, 0.3) is 0 Å². The highest BCUT2D eigenvalue weighted by molar-refractivity contribution is 6.42. The van der Waals surface area contributed by atoms with Gasteiger partial charge in [-0.15, -0.1) is 0 Å². The number of carboxylic acids is 1. The van der Waals surface area contributed by atoms with Crippen molar-refractivity contribution >= 4 is 47.1 Å². The van der Waals surface area contributed by atoms with Gasteiger partial charge in [0.2, 0.25) is 5.90 Å². The molecule has 5 nitrogen and oxygen atoms in total. The number of esters is 1. The second kappa shape index (κ2) is 6.47. The molecule has 1 aliphatic heterocycles. The standard InChI is InChI=1S/C17H9Cl2NO4/c18-12-5-4-9(6-13(12)19)7-14-17(23)24-15(20-14)10-2-1-3-11(8-10)16(21)22/h1-8H,(H,21,22)/b14-7-. The van der Waals surface area contributed by atoms with Crippen molar-refractivity contribution in [1.82, 2.24) is 0 Å². The lowest BCUT2D eigenvalue weighted by atomic mass is 10.1. The minimum absolute atomic E-state index is 0.0504. The number of cyclic esters (lactones) is 1. The summed E-state index contributed by atoms with van der Waals surface area (Å²) in [5.41, 5.74) is 1.21. The van der Waals surface area contributed by atoms with Gasteiger partial charge in [0, 0.05) is 5.56 Å². The van der Waals surface area contributed by atoms with Gasteiger partial charge in [-0.1, -0.05) is 35.3 Å². The minimum Gasteiger partial charge on any atom is -0.478 e. The van der Waals surface area contributed by atoms with Gasteiger partial charge in [0.05, 0.1) is 15.6 Å². The van der Waals surface area contributed by atoms with Gasteiger partial charge < -0.3 is 9.84 Å². The molecular weight excluding hydrogens is 353 g/mol. The predicted molar refractivity (Wildman–Crippen MR) is 90.5 cm³/mol. The van der Waals surface area contributed by atoms with Crippen molar-refractivity contribution in [2.24, 2.45) is 4.99 Å². The largest absolute Gasteiger partial charge is 0.478 e. The molecule has 0 bridgehead atoms. The zero-order chi connectivity index (χ0) is 17.3. The Morgan fingerprint density at radius 2 is 1.92 bits per heavy atom. The van der Waals surface area contributed by atoms with Crippen LogP contribution in [0.3, 0.4) is 0 Å². The van der Waals surface area contributed by atoms with E-state index in [4.69, 9.17) is 33.0 Å². The molecule has 0 amide bonds. The van der Waals surface area contributed by atoms with E-state index in [2.05, 4.69) is 4.99 Å². The molecule has 2 aromatic rings. The maximum absolute atomic E-state index is 12.0. The normalized spacial score (nSPS) is 15.3. The predicted octanol–water partition coefficient (Wildman–Crippen LogP) is 4.04. The summed E-state index contributed by atoms with van der Waals surface area (Å²) in [6.07, 6.45) is 1.51. The smallest absolute Gasteiger partial charge is 0.363 e. The van der Waals surface area contributed by atoms with E-state index in [1.54, 1.807) is 30.3 Å². The summed E-state index contributed by atoms with van der Waals surface area (Å²) in [5.74, 6) is -1.65. The number of hydrogen-bond acceptors (Lipinski definition) is 4. The number of hydrogen-bond donors (Lipinski definition) is 1. The van der Waals surface area contributed by atoms with E-state index in [1.807, 2.05) is 0 Å². The summed E-state index contributed by atoms with van der Waals surface area (Å²) >= 11 is 11.8. The summed E-state index contributed by atoms with van der Waals surface area (Å²) in [6, 6.07) is 10.9. The molecule has 0 atom stereocenters. The second-order valence-electron chi connectivity index (χ2n) is 4.90. The van der Waals surface area contributed by atoms with Gasteiger partial charge in [-0.2, -0.15) is 0 Å². The van der Waals surface area contributed by atoms with Crippen molar-refractivity contribution in [1.29, 1.82) is 0 Å². The van der Waals surface area contributed by atoms with Crippen molar-refractivity contribution in [2.45, 2.75) is 0 Å². The van der Waals surface area contributed by atoms with E-state index in [9.17, 15) is 9.59 Å². The van der Waals surface area contributed by atoms with Crippen molar-refractivity contribution in [3.05, 3.63) is 74.9 Å². The fourth-order valence-electron chi connectivity index (χ4n) is 2.08. The molecule has 0 saturated carbocycles. The summed E-state index contributed by atoms with van der Waals surface area (Å²) in [5, 5.41) is 9.78. The molecule has 24 heavy (non-hydrogen) atoms. The molecule has 2 aromatic carbocycles. The Balaban J connectivity index is 1.95. The molecule has 0 aromatic heterocycles. The summed E-state index contributed by atoms with van der Waals surface area (Å²) in [6.45, 7) is 0. The Labute approximate surface area is 146 Å². The Hall–Kier alpha value is -2.63. The van der Waals surface area contributed by atoms with Crippen molar-refractivity contribution < 1.29 is 19.4 Å². The second-order valence-corrected chi connectivity index (χ2v) is 5.71. The molecule has 1 aliphatic rings. The number of halogens is 2. The Morgan fingerprint density at radius 3 is 2.62 bits per heavy atom. The number of carbonyl (C=O) groups is 2. The fourth-order valence-corrected chi connectivity index (χ4v) is 2.38. The Morgan fingerprint density at radius 1 is 1.12 bits per heavy atom. The summed E-state index contributed by atoms with van der Waals surface area (Å²) in [4.78, 5) is 27.1. The van der Waals surface area contributed by atoms with Gasteiger partial charge in [-0.05, 0) is 42.0 Å². The number of aromatic carboxylic acids is 1. The third-order valence-electron chi connectivity index (χ3n) is 3.22. The zero-order valence-electron chi connectivity index (χ0n) is 12.0. The SMILES string of the molecule is O=C1OC(c2cccc(C(=O)O)c2)=N/C1=C\c1ccc(Cl)c(Cl)c1. The molecule has 1 heterocycles. The van der Waals surface area contributed by atoms with Crippen LogP contribution in [0.25, 0.3) is 6.08 Å². The van der Waals surface area contributed by atoms with E-state index in [-0.39, 0.29) is 17.2 Å².